The zero-order valence-corrected chi connectivity index (χ0v) is 17.4. The van der Waals surface area contributed by atoms with Gasteiger partial charge in [-0.2, -0.15) is 0 Å². The van der Waals surface area contributed by atoms with Crippen LogP contribution in [0.4, 0.5) is 5.69 Å². The Hall–Kier alpha value is -3.09. The Morgan fingerprint density at radius 3 is 2.59 bits per heavy atom. The predicted octanol–water partition coefficient (Wildman–Crippen LogP) is 3.40. The van der Waals surface area contributed by atoms with Crippen LogP contribution in [0.2, 0.25) is 0 Å². The highest BCUT2D eigenvalue weighted by Crippen LogP contribution is 2.41. The lowest BCUT2D eigenvalue weighted by atomic mass is 9.90. The van der Waals surface area contributed by atoms with Crippen molar-refractivity contribution in [2.75, 3.05) is 25.7 Å². The molecule has 2 aromatic rings. The van der Waals surface area contributed by atoms with Crippen LogP contribution in [0.5, 0.6) is 5.75 Å². The number of aromatic amines is 1. The molecule has 1 aromatic carbocycles. The topological polar surface area (TPSA) is 88.7 Å². The molecule has 29 heavy (non-hydrogen) atoms. The third-order valence-electron chi connectivity index (χ3n) is 5.53. The fraction of sp³-hybridized carbons (Fsp3) is 0.409. The lowest BCUT2D eigenvalue weighted by Gasteiger charge is -2.34. The highest BCUT2D eigenvalue weighted by atomic mass is 16.5. The predicted molar refractivity (Wildman–Crippen MR) is 109 cm³/mol. The second-order valence-electron chi connectivity index (χ2n) is 7.34. The van der Waals surface area contributed by atoms with Crippen LogP contribution >= 0.6 is 0 Å². The number of rotatable bonds is 5. The molecule has 0 radical (unpaired) electrons. The maximum absolute atomic E-state index is 13.3. The molecule has 7 heteroatoms. The standard InChI is InChI=1S/C22H26N2O5/c1-12-9-10-24(21-15(12)7-6-8-17(21)28-4)18(26)11-16-19(22(27)29-5)13(2)20(23-16)14(3)25/h6-8,12,23H,9-11H2,1-5H3/t12-/m0/s1. The summed E-state index contributed by atoms with van der Waals surface area (Å²) in [6, 6.07) is 5.77. The van der Waals surface area contributed by atoms with E-state index in [4.69, 9.17) is 9.47 Å². The molecule has 0 spiro atoms. The molecule has 0 aliphatic carbocycles. The van der Waals surface area contributed by atoms with Gasteiger partial charge in [0.15, 0.2) is 5.78 Å². The smallest absolute Gasteiger partial charge is 0.339 e. The molecule has 1 aliphatic rings. The first kappa shape index (κ1) is 20.6. The molecule has 2 heterocycles. The Bertz CT molecular complexity index is 976. The Labute approximate surface area is 170 Å². The molecular formula is C22H26N2O5. The SMILES string of the molecule is COC(=O)c1c(CC(=O)N2CC[C@H](C)c3cccc(OC)c32)[nH]c(C(C)=O)c1C. The Kier molecular flexibility index (Phi) is 5.77. The van der Waals surface area contributed by atoms with Crippen molar-refractivity contribution in [2.24, 2.45) is 0 Å². The van der Waals surface area contributed by atoms with E-state index in [1.807, 2.05) is 18.2 Å². The number of nitrogens with zero attached hydrogens (tertiary/aromatic N) is 1. The largest absolute Gasteiger partial charge is 0.495 e. The van der Waals surface area contributed by atoms with Crippen LogP contribution in [-0.4, -0.2) is 43.4 Å². The van der Waals surface area contributed by atoms with E-state index >= 15 is 0 Å². The van der Waals surface area contributed by atoms with E-state index in [0.29, 0.717) is 35.2 Å². The number of H-pyrrole nitrogens is 1. The number of hydrogen-bond acceptors (Lipinski definition) is 5. The fourth-order valence-electron chi connectivity index (χ4n) is 4.00. The van der Waals surface area contributed by atoms with Crippen LogP contribution < -0.4 is 9.64 Å². The van der Waals surface area contributed by atoms with E-state index in [0.717, 1.165) is 17.7 Å². The van der Waals surface area contributed by atoms with Crippen molar-refractivity contribution in [1.82, 2.24) is 4.98 Å². The summed E-state index contributed by atoms with van der Waals surface area (Å²) in [5.74, 6) is 0.00290. The second-order valence-corrected chi connectivity index (χ2v) is 7.34. The summed E-state index contributed by atoms with van der Waals surface area (Å²) < 4.78 is 10.4. The monoisotopic (exact) mass is 398 g/mol. The Balaban J connectivity index is 2.01. The summed E-state index contributed by atoms with van der Waals surface area (Å²) in [5.41, 5.74) is 3.28. The number of ether oxygens (including phenoxy) is 2. The van der Waals surface area contributed by atoms with E-state index in [-0.39, 0.29) is 23.7 Å². The van der Waals surface area contributed by atoms with Crippen LogP contribution in [0, 0.1) is 6.92 Å². The lowest BCUT2D eigenvalue weighted by Crippen LogP contribution is -2.38. The zero-order valence-electron chi connectivity index (χ0n) is 17.4. The first-order valence-electron chi connectivity index (χ1n) is 9.58. The molecule has 0 saturated carbocycles. The molecule has 154 valence electrons. The van der Waals surface area contributed by atoms with Gasteiger partial charge in [0.2, 0.25) is 5.91 Å². The minimum absolute atomic E-state index is 0.0512. The molecule has 0 saturated heterocycles. The van der Waals surface area contributed by atoms with Crippen molar-refractivity contribution in [3.05, 3.63) is 46.3 Å². The molecule has 0 bridgehead atoms. The molecular weight excluding hydrogens is 372 g/mol. The first-order chi connectivity index (χ1) is 13.8. The van der Waals surface area contributed by atoms with Crippen LogP contribution in [-0.2, 0) is 16.0 Å². The van der Waals surface area contributed by atoms with Gasteiger partial charge in [-0.1, -0.05) is 19.1 Å². The van der Waals surface area contributed by atoms with Crippen LogP contribution in [0.25, 0.3) is 0 Å². The van der Waals surface area contributed by atoms with Crippen LogP contribution in [0.1, 0.15) is 63.9 Å². The van der Waals surface area contributed by atoms with Gasteiger partial charge in [0.25, 0.3) is 0 Å². The maximum Gasteiger partial charge on any atom is 0.339 e. The summed E-state index contributed by atoms with van der Waals surface area (Å²) in [6.07, 6.45) is 0.780. The normalized spacial score (nSPS) is 15.6. The highest BCUT2D eigenvalue weighted by molar-refractivity contribution is 6.03. The number of hydrogen-bond donors (Lipinski definition) is 1. The highest BCUT2D eigenvalue weighted by Gasteiger charge is 2.31. The third kappa shape index (κ3) is 3.64. The van der Waals surface area contributed by atoms with Gasteiger partial charge in [-0.15, -0.1) is 0 Å². The second kappa shape index (κ2) is 8.11. The van der Waals surface area contributed by atoms with Crippen LogP contribution in [0.15, 0.2) is 18.2 Å². The summed E-state index contributed by atoms with van der Waals surface area (Å²) in [5, 5.41) is 0. The molecule has 1 N–H and O–H groups in total. The Morgan fingerprint density at radius 1 is 1.24 bits per heavy atom. The number of fused-ring (bicyclic) bond motifs is 1. The zero-order chi connectivity index (χ0) is 21.3. The number of para-hydroxylation sites is 1. The molecule has 1 aliphatic heterocycles. The van der Waals surface area contributed by atoms with Gasteiger partial charge in [0, 0.05) is 19.2 Å². The number of nitrogens with one attached hydrogen (secondary N) is 1. The van der Waals surface area contributed by atoms with E-state index in [1.165, 1.54) is 14.0 Å². The summed E-state index contributed by atoms with van der Waals surface area (Å²) in [4.78, 5) is 42.2. The maximum atomic E-state index is 13.3. The minimum Gasteiger partial charge on any atom is -0.495 e. The van der Waals surface area contributed by atoms with E-state index in [1.54, 1.807) is 18.9 Å². The number of methoxy groups -OCH3 is 2. The van der Waals surface area contributed by atoms with Gasteiger partial charge < -0.3 is 19.4 Å². The quantitative estimate of drug-likeness (QED) is 0.616. The van der Waals surface area contributed by atoms with Gasteiger partial charge >= 0.3 is 5.97 Å². The summed E-state index contributed by atoms with van der Waals surface area (Å²) in [6.45, 7) is 5.77. The average molecular weight is 398 g/mol. The molecule has 1 amide bonds. The van der Waals surface area contributed by atoms with Crippen molar-refractivity contribution >= 4 is 23.3 Å². The number of benzene rings is 1. The summed E-state index contributed by atoms with van der Waals surface area (Å²) in [7, 11) is 2.86. The Morgan fingerprint density at radius 2 is 1.97 bits per heavy atom. The molecule has 7 nitrogen and oxygen atoms in total. The number of amides is 1. The third-order valence-corrected chi connectivity index (χ3v) is 5.53. The molecule has 1 atom stereocenters. The van der Waals surface area contributed by atoms with Gasteiger partial charge in [0.05, 0.1) is 37.6 Å². The lowest BCUT2D eigenvalue weighted by molar-refractivity contribution is -0.118. The molecule has 0 unspecified atom stereocenters. The number of carbonyl (C=O) groups excluding carboxylic acids is 3. The van der Waals surface area contributed by atoms with E-state index in [2.05, 4.69) is 11.9 Å². The number of esters is 1. The molecule has 3 rings (SSSR count). The number of aromatic nitrogens is 1. The number of carbonyl (C=O) groups is 3. The molecule has 1 aromatic heterocycles. The number of anilines is 1. The number of Topliss-reactive ketones (excluding diaryl/α,β-unsaturated/α-hetero) is 1. The minimum atomic E-state index is -0.570. The number of ketones is 1. The first-order valence-corrected chi connectivity index (χ1v) is 9.58. The van der Waals surface area contributed by atoms with Crippen LogP contribution in [0.3, 0.4) is 0 Å². The summed E-state index contributed by atoms with van der Waals surface area (Å²) >= 11 is 0. The van der Waals surface area contributed by atoms with E-state index < -0.39 is 5.97 Å². The van der Waals surface area contributed by atoms with Gasteiger partial charge in [0.1, 0.15) is 5.75 Å². The van der Waals surface area contributed by atoms with Crippen molar-refractivity contribution in [3.8, 4) is 5.75 Å². The van der Waals surface area contributed by atoms with Crippen molar-refractivity contribution in [3.63, 3.8) is 0 Å². The van der Waals surface area contributed by atoms with Crippen molar-refractivity contribution < 1.29 is 23.9 Å². The molecule has 0 fully saturated rings. The van der Waals surface area contributed by atoms with Crippen molar-refractivity contribution in [1.29, 1.82) is 0 Å². The van der Waals surface area contributed by atoms with Gasteiger partial charge in [-0.25, -0.2) is 4.79 Å². The average Bonchev–Trinajstić information content (AvgIpc) is 3.03. The van der Waals surface area contributed by atoms with Gasteiger partial charge in [-0.3, -0.25) is 9.59 Å². The van der Waals surface area contributed by atoms with Gasteiger partial charge in [-0.05, 0) is 36.5 Å². The van der Waals surface area contributed by atoms with E-state index in [9.17, 15) is 14.4 Å². The van der Waals surface area contributed by atoms with Crippen molar-refractivity contribution in [2.45, 2.75) is 39.5 Å². The fourth-order valence-corrected chi connectivity index (χ4v) is 4.00.